The van der Waals surface area contributed by atoms with Gasteiger partial charge in [-0.15, -0.1) is 6.58 Å². The summed E-state index contributed by atoms with van der Waals surface area (Å²) < 4.78 is 45.3. The first-order valence-corrected chi connectivity index (χ1v) is 23.5. The summed E-state index contributed by atoms with van der Waals surface area (Å²) in [5.41, 5.74) is 0.161. The third kappa shape index (κ3) is 10.8. The number of benzene rings is 1. The predicted octanol–water partition coefficient (Wildman–Crippen LogP) is 9.19. The third-order valence-corrected chi connectivity index (χ3v) is 15.3. The lowest BCUT2D eigenvalue weighted by atomic mass is 9.74. The van der Waals surface area contributed by atoms with Gasteiger partial charge in [0.2, 0.25) is 0 Å². The van der Waals surface area contributed by atoms with Gasteiger partial charge in [-0.2, -0.15) is 0 Å². The summed E-state index contributed by atoms with van der Waals surface area (Å²) in [7, 11) is -2.16. The minimum Gasteiger partial charge on any atom is -0.497 e. The van der Waals surface area contributed by atoms with Crippen molar-refractivity contribution in [2.45, 2.75) is 153 Å². The number of hydrogen-bond acceptors (Lipinski definition) is 7. The Kier molecular flexibility index (Phi) is 13.4. The molecule has 2 aliphatic rings. The molecule has 0 amide bonds. The van der Waals surface area contributed by atoms with E-state index < -0.39 is 27.8 Å². The van der Waals surface area contributed by atoms with Crippen molar-refractivity contribution >= 4 is 16.6 Å². The fourth-order valence-corrected chi connectivity index (χ4v) is 9.01. The van der Waals surface area contributed by atoms with Crippen LogP contribution in [0.5, 0.6) is 5.75 Å². The van der Waals surface area contributed by atoms with Gasteiger partial charge in [0.25, 0.3) is 0 Å². The Labute approximate surface area is 282 Å². The molecule has 3 rings (SSSR count). The SMILES string of the molecule is C=CCC[C@H]1O[C@@]2(C)C[C@@](C)(O[Si](C)(C)C)[C@H](CCCOCc3ccc(OC)cc3)O[C@@H]2C[C@@H]1OC(=C)CO[Si](C)(C)C(C)(C)C. The second-order valence-electron chi connectivity index (χ2n) is 16.2. The standard InChI is InChI=1S/C37H64O7Si2/c1-14-15-17-31-32(41-28(2)25-40-46(12,13)35(3,4)5)24-34-36(6,43-31)27-37(7,44-45(9,10)11)33(42-34)18-16-23-39-26-29-19-21-30(38-8)22-20-29/h14,19-22,31-34H,1-2,15-18,23-27H2,3-13H3/t31-,32+,33+,34-,36+,37-/m1/s1. The molecule has 7 nitrogen and oxygen atoms in total. The zero-order valence-electron chi connectivity index (χ0n) is 30.8. The molecule has 262 valence electrons. The van der Waals surface area contributed by atoms with Gasteiger partial charge < -0.3 is 32.5 Å². The molecule has 2 aliphatic heterocycles. The molecular weight excluding hydrogens is 613 g/mol. The maximum atomic E-state index is 7.02. The zero-order chi connectivity index (χ0) is 34.4. The predicted molar refractivity (Wildman–Crippen MR) is 192 cm³/mol. The van der Waals surface area contributed by atoms with Crippen molar-refractivity contribution in [2.24, 2.45) is 0 Å². The van der Waals surface area contributed by atoms with Crippen LogP contribution in [0.25, 0.3) is 0 Å². The summed E-state index contributed by atoms with van der Waals surface area (Å²) in [5.74, 6) is 1.50. The second-order valence-corrected chi connectivity index (χ2v) is 25.4. The van der Waals surface area contributed by atoms with E-state index >= 15 is 0 Å². The first-order chi connectivity index (χ1) is 21.3. The molecule has 6 atom stereocenters. The molecule has 0 aromatic heterocycles. The molecule has 0 aliphatic carbocycles. The van der Waals surface area contributed by atoms with E-state index in [-0.39, 0.29) is 29.5 Å². The highest BCUT2D eigenvalue weighted by Crippen LogP contribution is 2.48. The van der Waals surface area contributed by atoms with Crippen molar-refractivity contribution in [3.63, 3.8) is 0 Å². The monoisotopic (exact) mass is 676 g/mol. The third-order valence-electron chi connectivity index (χ3n) is 9.77. The summed E-state index contributed by atoms with van der Waals surface area (Å²) in [6, 6.07) is 8.01. The number of fused-ring (bicyclic) bond motifs is 1. The van der Waals surface area contributed by atoms with Crippen LogP contribution in [0.1, 0.15) is 78.7 Å². The lowest BCUT2D eigenvalue weighted by molar-refractivity contribution is -0.305. The summed E-state index contributed by atoms with van der Waals surface area (Å²) in [5, 5.41) is 0.117. The first-order valence-electron chi connectivity index (χ1n) is 17.1. The Hall–Kier alpha value is -1.47. The Morgan fingerprint density at radius 2 is 1.74 bits per heavy atom. The Morgan fingerprint density at radius 3 is 2.33 bits per heavy atom. The topological polar surface area (TPSA) is 64.6 Å². The number of rotatable bonds is 17. The average molecular weight is 677 g/mol. The van der Waals surface area contributed by atoms with Crippen LogP contribution in [0.3, 0.4) is 0 Å². The van der Waals surface area contributed by atoms with Gasteiger partial charge in [-0.25, -0.2) is 0 Å². The lowest BCUT2D eigenvalue weighted by Gasteiger charge is -2.58. The van der Waals surface area contributed by atoms with E-state index in [9.17, 15) is 0 Å². The fourth-order valence-electron chi connectivity index (χ4n) is 6.45. The van der Waals surface area contributed by atoms with Crippen LogP contribution in [0.4, 0.5) is 0 Å². The van der Waals surface area contributed by atoms with E-state index in [1.807, 2.05) is 30.3 Å². The Bertz CT molecular complexity index is 1130. The molecule has 2 heterocycles. The van der Waals surface area contributed by atoms with E-state index in [0.29, 0.717) is 25.6 Å². The minimum absolute atomic E-state index is 0.0824. The van der Waals surface area contributed by atoms with E-state index in [1.165, 1.54) is 0 Å². The van der Waals surface area contributed by atoms with Crippen molar-refractivity contribution in [1.82, 2.24) is 0 Å². The average Bonchev–Trinajstić information content (AvgIpc) is 2.94. The molecule has 0 bridgehead atoms. The Balaban J connectivity index is 1.70. The van der Waals surface area contributed by atoms with E-state index in [4.69, 9.17) is 32.5 Å². The lowest BCUT2D eigenvalue weighted by Crippen LogP contribution is -2.67. The van der Waals surface area contributed by atoms with Crippen LogP contribution in [-0.2, 0) is 34.4 Å². The van der Waals surface area contributed by atoms with Gasteiger partial charge in [0.1, 0.15) is 17.6 Å². The van der Waals surface area contributed by atoms with E-state index in [0.717, 1.165) is 49.8 Å². The van der Waals surface area contributed by atoms with Crippen LogP contribution in [-0.4, -0.2) is 72.6 Å². The summed E-state index contributed by atoms with van der Waals surface area (Å²) in [6.45, 7) is 32.2. The molecule has 0 spiro atoms. The summed E-state index contributed by atoms with van der Waals surface area (Å²) in [6.07, 6.45) is 6.34. The van der Waals surface area contributed by atoms with Crippen LogP contribution in [0, 0.1) is 0 Å². The maximum absolute atomic E-state index is 7.02. The smallest absolute Gasteiger partial charge is 0.192 e. The van der Waals surface area contributed by atoms with Crippen LogP contribution < -0.4 is 4.74 Å². The highest BCUT2D eigenvalue weighted by Gasteiger charge is 2.58. The van der Waals surface area contributed by atoms with Gasteiger partial charge in [-0.1, -0.05) is 45.6 Å². The number of allylic oxidation sites excluding steroid dienone is 1. The number of ether oxygens (including phenoxy) is 5. The van der Waals surface area contributed by atoms with Crippen molar-refractivity contribution in [3.8, 4) is 5.75 Å². The van der Waals surface area contributed by atoms with Crippen molar-refractivity contribution in [2.75, 3.05) is 20.3 Å². The maximum Gasteiger partial charge on any atom is 0.192 e. The van der Waals surface area contributed by atoms with Crippen molar-refractivity contribution < 1.29 is 32.5 Å². The molecule has 0 unspecified atom stereocenters. The molecule has 2 saturated heterocycles. The molecule has 0 N–H and O–H groups in total. The zero-order valence-corrected chi connectivity index (χ0v) is 32.8. The fraction of sp³-hybridized carbons (Fsp3) is 0.730. The molecule has 1 aromatic rings. The van der Waals surface area contributed by atoms with Crippen LogP contribution >= 0.6 is 0 Å². The van der Waals surface area contributed by atoms with Gasteiger partial charge in [0.15, 0.2) is 16.6 Å². The highest BCUT2D eigenvalue weighted by molar-refractivity contribution is 6.74. The van der Waals surface area contributed by atoms with Gasteiger partial charge in [-0.3, -0.25) is 0 Å². The molecular formula is C37H64O7Si2. The van der Waals surface area contributed by atoms with Crippen LogP contribution in [0.2, 0.25) is 37.8 Å². The van der Waals surface area contributed by atoms with Gasteiger partial charge in [-0.05, 0) is 95.0 Å². The number of methoxy groups -OCH3 is 1. The quantitative estimate of drug-likeness (QED) is 0.0706. The molecule has 1 aromatic carbocycles. The first kappa shape index (κ1) is 39.0. The van der Waals surface area contributed by atoms with E-state index in [1.54, 1.807) is 7.11 Å². The second kappa shape index (κ2) is 15.8. The van der Waals surface area contributed by atoms with Crippen molar-refractivity contribution in [3.05, 3.63) is 54.8 Å². The van der Waals surface area contributed by atoms with Gasteiger partial charge in [0, 0.05) is 19.4 Å². The minimum atomic E-state index is -1.93. The summed E-state index contributed by atoms with van der Waals surface area (Å²) in [4.78, 5) is 0. The van der Waals surface area contributed by atoms with Gasteiger partial charge >= 0.3 is 0 Å². The Morgan fingerprint density at radius 1 is 1.07 bits per heavy atom. The molecule has 46 heavy (non-hydrogen) atoms. The highest BCUT2D eigenvalue weighted by atomic mass is 28.4. The molecule has 2 fully saturated rings. The van der Waals surface area contributed by atoms with Crippen molar-refractivity contribution in [1.29, 1.82) is 0 Å². The normalized spacial score (nSPS) is 28.8. The molecule has 0 saturated carbocycles. The summed E-state index contributed by atoms with van der Waals surface area (Å²) >= 11 is 0. The van der Waals surface area contributed by atoms with Gasteiger partial charge in [0.05, 0.1) is 49.8 Å². The largest absolute Gasteiger partial charge is 0.497 e. The molecule has 0 radical (unpaired) electrons. The van der Waals surface area contributed by atoms with E-state index in [2.05, 4.69) is 80.5 Å². The molecule has 9 heteroatoms. The van der Waals surface area contributed by atoms with Crippen LogP contribution in [0.15, 0.2) is 49.3 Å². The number of hydrogen-bond donors (Lipinski definition) is 0.